The lowest BCUT2D eigenvalue weighted by Gasteiger charge is -2.27. The molecule has 2 N–H and O–H groups in total. The van der Waals surface area contributed by atoms with Crippen molar-refractivity contribution in [2.75, 3.05) is 19.7 Å². The van der Waals surface area contributed by atoms with Crippen molar-refractivity contribution in [2.45, 2.75) is 13.0 Å². The topological polar surface area (TPSA) is 101 Å². The predicted octanol–water partition coefficient (Wildman–Crippen LogP) is 2.10. The van der Waals surface area contributed by atoms with Crippen molar-refractivity contribution in [1.29, 1.82) is 0 Å². The fourth-order valence-corrected chi connectivity index (χ4v) is 3.26. The van der Waals surface area contributed by atoms with Crippen LogP contribution < -0.4 is 4.74 Å². The molecule has 8 nitrogen and oxygen atoms in total. The smallest absolute Gasteiger partial charge is 0.415 e. The number of hydrogen-bond acceptors (Lipinski definition) is 6. The third kappa shape index (κ3) is 3.00. The Morgan fingerprint density at radius 1 is 1.27 bits per heavy atom. The first-order chi connectivity index (χ1) is 12.7. The lowest BCUT2D eigenvalue weighted by molar-refractivity contribution is 0.181. The van der Waals surface area contributed by atoms with Gasteiger partial charge in [-0.1, -0.05) is 0 Å². The Labute approximate surface area is 149 Å². The molecule has 134 valence electrons. The summed E-state index contributed by atoms with van der Waals surface area (Å²) >= 11 is 0. The molecule has 1 aliphatic heterocycles. The van der Waals surface area contributed by atoms with E-state index >= 15 is 0 Å². The van der Waals surface area contributed by atoms with Gasteiger partial charge in [0.15, 0.2) is 0 Å². The molecular formula is C18H18N4O4. The standard InChI is InChI=1S/C18H18N4O4/c23-8-7-21-5-4-14-15(10-21)19-11-20-17(14)26-13-1-2-16-12(9-13)3-6-22(16)18(24)25/h1-3,6,9,11,23H,4-5,7-8,10H2,(H,24,25). The summed E-state index contributed by atoms with van der Waals surface area (Å²) in [5.74, 6) is 1.12. The lowest BCUT2D eigenvalue weighted by atomic mass is 10.1. The summed E-state index contributed by atoms with van der Waals surface area (Å²) in [5, 5.41) is 19.0. The number of nitrogens with zero attached hydrogens (tertiary/aromatic N) is 4. The van der Waals surface area contributed by atoms with E-state index < -0.39 is 6.09 Å². The number of hydrogen-bond donors (Lipinski definition) is 2. The SMILES string of the molecule is O=C(O)n1ccc2cc(Oc3ncnc4c3CCN(CCO)C4)ccc21. The Hall–Kier alpha value is -2.97. The number of β-amino-alcohol motifs (C(OH)–C–C–N with tert-alkyl or cyclic N) is 1. The van der Waals surface area contributed by atoms with Crippen LogP contribution in [-0.2, 0) is 13.0 Å². The fraction of sp³-hybridized carbons (Fsp3) is 0.278. The number of carboxylic acid groups (broad SMARTS) is 1. The first-order valence-electron chi connectivity index (χ1n) is 8.34. The van der Waals surface area contributed by atoms with E-state index in [-0.39, 0.29) is 6.61 Å². The quantitative estimate of drug-likeness (QED) is 0.740. The Morgan fingerprint density at radius 2 is 2.15 bits per heavy atom. The number of fused-ring (bicyclic) bond motifs is 2. The average Bonchev–Trinajstić information content (AvgIpc) is 3.05. The molecule has 0 saturated heterocycles. The van der Waals surface area contributed by atoms with Crippen LogP contribution >= 0.6 is 0 Å². The molecule has 0 amide bonds. The summed E-state index contributed by atoms with van der Waals surface area (Å²) in [6.45, 7) is 2.23. The highest BCUT2D eigenvalue weighted by molar-refractivity contribution is 5.89. The van der Waals surface area contributed by atoms with Gasteiger partial charge >= 0.3 is 6.09 Å². The van der Waals surface area contributed by atoms with Crippen molar-refractivity contribution >= 4 is 17.0 Å². The second-order valence-electron chi connectivity index (χ2n) is 6.14. The minimum Gasteiger partial charge on any atom is -0.464 e. The molecule has 0 radical (unpaired) electrons. The molecule has 0 bridgehead atoms. The zero-order valence-electron chi connectivity index (χ0n) is 14.0. The van der Waals surface area contributed by atoms with Gasteiger partial charge < -0.3 is 14.9 Å². The van der Waals surface area contributed by atoms with Crippen molar-refractivity contribution in [3.8, 4) is 11.6 Å². The number of aliphatic hydroxyl groups is 1. The fourth-order valence-electron chi connectivity index (χ4n) is 3.26. The first-order valence-corrected chi connectivity index (χ1v) is 8.34. The molecule has 2 aromatic heterocycles. The van der Waals surface area contributed by atoms with Gasteiger partial charge in [-0.05, 0) is 30.7 Å². The van der Waals surface area contributed by atoms with Crippen LogP contribution in [0, 0.1) is 0 Å². The van der Waals surface area contributed by atoms with Gasteiger partial charge in [-0.2, -0.15) is 0 Å². The van der Waals surface area contributed by atoms with Crippen LogP contribution in [0.15, 0.2) is 36.8 Å². The Morgan fingerprint density at radius 3 is 2.96 bits per heavy atom. The van der Waals surface area contributed by atoms with Crippen molar-refractivity contribution in [2.24, 2.45) is 0 Å². The number of aromatic nitrogens is 3. The number of rotatable bonds is 4. The summed E-state index contributed by atoms with van der Waals surface area (Å²) in [6, 6.07) is 6.98. The number of benzene rings is 1. The van der Waals surface area contributed by atoms with Gasteiger partial charge in [0.2, 0.25) is 5.88 Å². The molecule has 4 rings (SSSR count). The number of carbonyl (C=O) groups is 1. The molecule has 0 atom stereocenters. The molecule has 8 heteroatoms. The van der Waals surface area contributed by atoms with Gasteiger partial charge in [-0.15, -0.1) is 0 Å². The van der Waals surface area contributed by atoms with Crippen LogP contribution in [0.4, 0.5) is 4.79 Å². The van der Waals surface area contributed by atoms with Crippen molar-refractivity contribution in [3.05, 3.63) is 48.0 Å². The molecule has 0 aliphatic carbocycles. The molecule has 0 saturated carbocycles. The van der Waals surface area contributed by atoms with Crippen molar-refractivity contribution < 1.29 is 19.7 Å². The maximum Gasteiger partial charge on any atom is 0.415 e. The van der Waals surface area contributed by atoms with E-state index in [1.807, 2.05) is 0 Å². The van der Waals surface area contributed by atoms with E-state index in [1.165, 1.54) is 17.1 Å². The average molecular weight is 354 g/mol. The maximum atomic E-state index is 11.2. The summed E-state index contributed by atoms with van der Waals surface area (Å²) in [6.07, 6.45) is 2.73. The second-order valence-corrected chi connectivity index (χ2v) is 6.14. The zero-order chi connectivity index (χ0) is 18.1. The maximum absolute atomic E-state index is 11.2. The van der Waals surface area contributed by atoms with E-state index in [4.69, 9.17) is 14.9 Å². The molecule has 3 aromatic rings. The van der Waals surface area contributed by atoms with Crippen LogP contribution in [0.5, 0.6) is 11.6 Å². The summed E-state index contributed by atoms with van der Waals surface area (Å²) in [7, 11) is 0. The van der Waals surface area contributed by atoms with Gasteiger partial charge in [0.05, 0.1) is 17.8 Å². The molecule has 0 spiro atoms. The van der Waals surface area contributed by atoms with Gasteiger partial charge in [0.25, 0.3) is 0 Å². The monoisotopic (exact) mass is 354 g/mol. The van der Waals surface area contributed by atoms with Crippen LogP contribution in [0.2, 0.25) is 0 Å². The molecule has 26 heavy (non-hydrogen) atoms. The Balaban J connectivity index is 1.61. The predicted molar refractivity (Wildman–Crippen MR) is 93.5 cm³/mol. The van der Waals surface area contributed by atoms with Crippen molar-refractivity contribution in [3.63, 3.8) is 0 Å². The van der Waals surface area contributed by atoms with E-state index in [1.54, 1.807) is 24.3 Å². The van der Waals surface area contributed by atoms with Gasteiger partial charge in [-0.3, -0.25) is 9.47 Å². The molecular weight excluding hydrogens is 336 g/mol. The highest BCUT2D eigenvalue weighted by Crippen LogP contribution is 2.30. The largest absolute Gasteiger partial charge is 0.464 e. The molecule has 0 unspecified atom stereocenters. The highest BCUT2D eigenvalue weighted by Gasteiger charge is 2.21. The highest BCUT2D eigenvalue weighted by atomic mass is 16.5. The molecule has 3 heterocycles. The van der Waals surface area contributed by atoms with E-state index in [2.05, 4.69) is 14.9 Å². The van der Waals surface area contributed by atoms with Gasteiger partial charge in [0.1, 0.15) is 12.1 Å². The molecule has 1 aromatic carbocycles. The zero-order valence-corrected chi connectivity index (χ0v) is 14.0. The Kier molecular flexibility index (Phi) is 4.27. The third-order valence-electron chi connectivity index (χ3n) is 4.55. The van der Waals surface area contributed by atoms with Crippen molar-refractivity contribution in [1.82, 2.24) is 19.4 Å². The minimum atomic E-state index is -1.02. The minimum absolute atomic E-state index is 0.125. The number of aliphatic hydroxyl groups excluding tert-OH is 1. The third-order valence-corrected chi connectivity index (χ3v) is 4.55. The van der Waals surface area contributed by atoms with E-state index in [0.717, 1.165) is 29.6 Å². The van der Waals surface area contributed by atoms with E-state index in [9.17, 15) is 4.79 Å². The summed E-state index contributed by atoms with van der Waals surface area (Å²) < 4.78 is 7.14. The summed E-state index contributed by atoms with van der Waals surface area (Å²) in [4.78, 5) is 21.9. The summed E-state index contributed by atoms with van der Waals surface area (Å²) in [5.41, 5.74) is 2.49. The Bertz CT molecular complexity index is 969. The first kappa shape index (κ1) is 16.5. The van der Waals surface area contributed by atoms with Gasteiger partial charge in [0, 0.05) is 36.8 Å². The molecule has 0 fully saturated rings. The van der Waals surface area contributed by atoms with E-state index in [0.29, 0.717) is 30.2 Å². The molecule has 1 aliphatic rings. The van der Waals surface area contributed by atoms with Crippen LogP contribution in [0.25, 0.3) is 10.9 Å². The lowest BCUT2D eigenvalue weighted by Crippen LogP contribution is -2.33. The van der Waals surface area contributed by atoms with Gasteiger partial charge in [-0.25, -0.2) is 14.8 Å². The second kappa shape index (κ2) is 6.74. The number of ether oxygens (including phenoxy) is 1. The van der Waals surface area contributed by atoms with Crippen LogP contribution in [0.1, 0.15) is 11.3 Å². The van der Waals surface area contributed by atoms with Crippen LogP contribution in [0.3, 0.4) is 0 Å². The van der Waals surface area contributed by atoms with Crippen LogP contribution in [-0.4, -0.2) is 55.4 Å². The normalized spacial score (nSPS) is 14.3.